The largest absolute Gasteiger partial charge is 0.495 e. The number of hydrogen-bond acceptors (Lipinski definition) is 4. The van der Waals surface area contributed by atoms with Gasteiger partial charge in [-0.3, -0.25) is 4.79 Å². The number of methoxy groups -OCH3 is 1. The first-order chi connectivity index (χ1) is 12.7. The Labute approximate surface area is 156 Å². The molecule has 3 aromatic rings. The highest BCUT2D eigenvalue weighted by Gasteiger charge is 2.34. The molecule has 0 unspecified atom stereocenters. The molecule has 4 rings (SSSR count). The molecule has 0 atom stereocenters. The van der Waals surface area contributed by atoms with E-state index in [1.54, 1.807) is 25.3 Å². The maximum Gasteiger partial charge on any atom is 0.277 e. The van der Waals surface area contributed by atoms with E-state index in [-0.39, 0.29) is 11.8 Å². The number of ether oxygens (including phenoxy) is 1. The van der Waals surface area contributed by atoms with Gasteiger partial charge in [-0.2, -0.15) is 0 Å². The van der Waals surface area contributed by atoms with Crippen LogP contribution in [0.5, 0.6) is 5.75 Å². The average molecular weight is 369 g/mol. The fourth-order valence-electron chi connectivity index (χ4n) is 2.76. The first kappa shape index (κ1) is 16.7. The van der Waals surface area contributed by atoms with Gasteiger partial charge in [-0.25, -0.2) is 4.98 Å². The monoisotopic (exact) mass is 368 g/mol. The van der Waals surface area contributed by atoms with Gasteiger partial charge in [0.2, 0.25) is 5.89 Å². The summed E-state index contributed by atoms with van der Waals surface area (Å²) < 4.78 is 11.1. The molecule has 1 saturated carbocycles. The quantitative estimate of drug-likeness (QED) is 0.677. The molecule has 2 aromatic carbocycles. The minimum absolute atomic E-state index is 0.264. The number of nitrogens with zero attached hydrogens (tertiary/aromatic N) is 1. The van der Waals surface area contributed by atoms with Crippen molar-refractivity contribution in [2.45, 2.75) is 18.8 Å². The number of nitrogens with one attached hydrogen (secondary N) is 1. The minimum atomic E-state index is -0.306. The molecule has 5 nitrogen and oxygen atoms in total. The summed E-state index contributed by atoms with van der Waals surface area (Å²) in [7, 11) is 1.54. The molecule has 132 valence electrons. The Morgan fingerprint density at radius 3 is 2.65 bits per heavy atom. The Bertz CT molecular complexity index is 949. The Balaban J connectivity index is 1.63. The van der Waals surface area contributed by atoms with Gasteiger partial charge in [0.25, 0.3) is 5.91 Å². The lowest BCUT2D eigenvalue weighted by atomic mass is 10.2. The zero-order valence-electron chi connectivity index (χ0n) is 14.2. The van der Waals surface area contributed by atoms with Gasteiger partial charge < -0.3 is 14.5 Å². The summed E-state index contributed by atoms with van der Waals surface area (Å²) in [5.74, 6) is 1.63. The normalized spacial score (nSPS) is 13.5. The number of oxazole rings is 1. The van der Waals surface area contributed by atoms with E-state index in [2.05, 4.69) is 10.3 Å². The number of aromatic nitrogens is 1. The lowest BCUT2D eigenvalue weighted by Gasteiger charge is -2.07. The third kappa shape index (κ3) is 3.30. The van der Waals surface area contributed by atoms with Crippen molar-refractivity contribution < 1.29 is 13.9 Å². The van der Waals surface area contributed by atoms with Gasteiger partial charge in [0, 0.05) is 17.2 Å². The standard InChI is InChI=1S/C20H17ClN2O3/c1-25-16-10-9-14(11-15(16)21)22-19(24)17-18(12-7-8-12)26-20(23-17)13-5-3-2-4-6-13/h2-6,9-12H,7-8H2,1H3,(H,22,24). The molecule has 0 spiro atoms. The molecule has 1 aromatic heterocycles. The molecule has 1 N–H and O–H groups in total. The number of carbonyl (C=O) groups excluding carboxylic acids is 1. The summed E-state index contributed by atoms with van der Waals surface area (Å²) in [6.45, 7) is 0. The van der Waals surface area contributed by atoms with Crippen molar-refractivity contribution in [3.8, 4) is 17.2 Å². The maximum atomic E-state index is 12.8. The van der Waals surface area contributed by atoms with Crippen LogP contribution in [0.2, 0.25) is 5.02 Å². The van der Waals surface area contributed by atoms with Crippen LogP contribution in [0.25, 0.3) is 11.5 Å². The van der Waals surface area contributed by atoms with E-state index >= 15 is 0 Å². The number of anilines is 1. The molecule has 0 radical (unpaired) electrons. The van der Waals surface area contributed by atoms with E-state index in [1.165, 1.54) is 0 Å². The zero-order valence-corrected chi connectivity index (χ0v) is 14.9. The third-order valence-electron chi connectivity index (χ3n) is 4.25. The molecule has 0 aliphatic heterocycles. The van der Waals surface area contributed by atoms with Crippen LogP contribution in [0.4, 0.5) is 5.69 Å². The van der Waals surface area contributed by atoms with Crippen molar-refractivity contribution in [3.05, 3.63) is 65.0 Å². The summed E-state index contributed by atoms with van der Waals surface area (Å²) in [6, 6.07) is 14.7. The molecule has 1 fully saturated rings. The fourth-order valence-corrected chi connectivity index (χ4v) is 3.01. The number of hydrogen-bond donors (Lipinski definition) is 1. The summed E-state index contributed by atoms with van der Waals surface area (Å²) >= 11 is 6.12. The van der Waals surface area contributed by atoms with Crippen molar-refractivity contribution in [1.82, 2.24) is 4.98 Å². The maximum absolute atomic E-state index is 12.8. The van der Waals surface area contributed by atoms with Crippen LogP contribution in [0.3, 0.4) is 0 Å². The Morgan fingerprint density at radius 2 is 2.00 bits per heavy atom. The second-order valence-electron chi connectivity index (χ2n) is 6.18. The predicted molar refractivity (Wildman–Crippen MR) is 99.9 cm³/mol. The van der Waals surface area contributed by atoms with Gasteiger partial charge >= 0.3 is 0 Å². The van der Waals surface area contributed by atoms with Crippen molar-refractivity contribution in [1.29, 1.82) is 0 Å². The van der Waals surface area contributed by atoms with Crippen LogP contribution < -0.4 is 10.1 Å². The van der Waals surface area contributed by atoms with E-state index in [0.717, 1.165) is 18.4 Å². The van der Waals surface area contributed by atoms with Crippen molar-refractivity contribution >= 4 is 23.2 Å². The van der Waals surface area contributed by atoms with Crippen LogP contribution in [0.15, 0.2) is 52.9 Å². The van der Waals surface area contributed by atoms with E-state index in [9.17, 15) is 4.79 Å². The zero-order chi connectivity index (χ0) is 18.1. The Kier molecular flexibility index (Phi) is 4.39. The van der Waals surface area contributed by atoms with Crippen LogP contribution >= 0.6 is 11.6 Å². The molecular formula is C20H17ClN2O3. The van der Waals surface area contributed by atoms with Crippen molar-refractivity contribution in [2.75, 3.05) is 12.4 Å². The topological polar surface area (TPSA) is 64.4 Å². The summed E-state index contributed by atoms with van der Waals surface area (Å²) in [5, 5.41) is 3.27. The van der Waals surface area contributed by atoms with Crippen LogP contribution in [0, 0.1) is 0 Å². The van der Waals surface area contributed by atoms with Crippen molar-refractivity contribution in [2.24, 2.45) is 0 Å². The number of halogens is 1. The fraction of sp³-hybridized carbons (Fsp3) is 0.200. The average Bonchev–Trinajstić information content (AvgIpc) is 3.40. The highest BCUT2D eigenvalue weighted by molar-refractivity contribution is 6.32. The molecule has 1 aliphatic rings. The summed E-state index contributed by atoms with van der Waals surface area (Å²) in [6.07, 6.45) is 2.02. The first-order valence-corrected chi connectivity index (χ1v) is 8.74. The number of rotatable bonds is 5. The first-order valence-electron chi connectivity index (χ1n) is 8.36. The molecule has 0 bridgehead atoms. The molecule has 0 saturated heterocycles. The number of benzene rings is 2. The third-order valence-corrected chi connectivity index (χ3v) is 4.54. The van der Waals surface area contributed by atoms with Crippen LogP contribution in [-0.2, 0) is 0 Å². The van der Waals surface area contributed by atoms with Gasteiger partial charge in [-0.15, -0.1) is 0 Å². The highest BCUT2D eigenvalue weighted by Crippen LogP contribution is 2.43. The lowest BCUT2D eigenvalue weighted by Crippen LogP contribution is -2.14. The minimum Gasteiger partial charge on any atom is -0.495 e. The van der Waals surface area contributed by atoms with Crippen LogP contribution in [-0.4, -0.2) is 18.0 Å². The van der Waals surface area contributed by atoms with E-state index in [1.807, 2.05) is 30.3 Å². The predicted octanol–water partition coefficient (Wildman–Crippen LogP) is 5.13. The van der Waals surface area contributed by atoms with Gasteiger partial charge in [-0.05, 0) is 43.2 Å². The van der Waals surface area contributed by atoms with E-state index in [4.69, 9.17) is 20.8 Å². The number of amides is 1. The molecular weight excluding hydrogens is 352 g/mol. The molecule has 26 heavy (non-hydrogen) atoms. The van der Waals surface area contributed by atoms with Crippen LogP contribution in [0.1, 0.15) is 35.0 Å². The second-order valence-corrected chi connectivity index (χ2v) is 6.58. The van der Waals surface area contributed by atoms with Gasteiger partial charge in [-0.1, -0.05) is 29.8 Å². The van der Waals surface area contributed by atoms with Gasteiger partial charge in [0.15, 0.2) is 5.69 Å². The Hall–Kier alpha value is -2.79. The molecule has 1 heterocycles. The molecule has 6 heteroatoms. The Morgan fingerprint density at radius 1 is 1.23 bits per heavy atom. The number of carbonyl (C=O) groups is 1. The van der Waals surface area contributed by atoms with E-state index < -0.39 is 0 Å². The molecule has 1 amide bonds. The smallest absolute Gasteiger partial charge is 0.277 e. The molecule has 1 aliphatic carbocycles. The van der Waals surface area contributed by atoms with Gasteiger partial charge in [0.05, 0.1) is 12.1 Å². The summed E-state index contributed by atoms with van der Waals surface area (Å²) in [4.78, 5) is 17.2. The van der Waals surface area contributed by atoms with Gasteiger partial charge in [0.1, 0.15) is 11.5 Å². The second kappa shape index (κ2) is 6.84. The SMILES string of the molecule is COc1ccc(NC(=O)c2nc(-c3ccccc3)oc2C2CC2)cc1Cl. The lowest BCUT2D eigenvalue weighted by molar-refractivity contribution is 0.102. The summed E-state index contributed by atoms with van der Waals surface area (Å²) in [5.41, 5.74) is 1.76. The highest BCUT2D eigenvalue weighted by atomic mass is 35.5. The van der Waals surface area contributed by atoms with Crippen molar-refractivity contribution in [3.63, 3.8) is 0 Å². The van der Waals surface area contributed by atoms with E-state index in [0.29, 0.717) is 33.8 Å².